The largest absolute Gasteiger partial charge is 0.493 e. The van der Waals surface area contributed by atoms with Gasteiger partial charge in [-0.2, -0.15) is 13.2 Å². The summed E-state index contributed by atoms with van der Waals surface area (Å²) in [6.07, 6.45) is -9.92. The third-order valence-electron chi connectivity index (χ3n) is 3.65. The third-order valence-corrected chi connectivity index (χ3v) is 3.65. The second kappa shape index (κ2) is 8.48. The Bertz CT molecular complexity index is 559. The maximum Gasteiger partial charge on any atom is 0.493 e. The number of likely N-dealkylation sites (N-methyl/N-ethyl adjacent to an activating group) is 1. The van der Waals surface area contributed by atoms with E-state index in [4.69, 9.17) is 5.73 Å². The molecule has 0 aromatic heterocycles. The molecule has 6 N–H and O–H groups in total. The van der Waals surface area contributed by atoms with E-state index in [1.807, 2.05) is 0 Å². The Kier molecular flexibility index (Phi) is 7.14. The third kappa shape index (κ3) is 5.17. The molecule has 1 fully saturated rings. The first-order valence-electron chi connectivity index (χ1n) is 7.17. The molecule has 0 aromatic carbocycles. The number of carbonyl (C=O) groups is 2. The molecule has 0 aromatic rings. The van der Waals surface area contributed by atoms with Crippen molar-refractivity contribution in [3.05, 3.63) is 0 Å². The molecule has 1 saturated heterocycles. The highest BCUT2D eigenvalue weighted by Gasteiger charge is 2.43. The van der Waals surface area contributed by atoms with Gasteiger partial charge in [0.15, 0.2) is 0 Å². The van der Waals surface area contributed by atoms with Crippen LogP contribution in [0.2, 0.25) is 0 Å². The Hall–Kier alpha value is -2.16. The molecule has 1 unspecified atom stereocenters. The molecule has 0 aliphatic carbocycles. The molecule has 26 heavy (non-hydrogen) atoms. The van der Waals surface area contributed by atoms with Crippen LogP contribution >= 0.6 is 0 Å². The van der Waals surface area contributed by atoms with Crippen LogP contribution in [0.3, 0.4) is 0 Å². The highest BCUT2D eigenvalue weighted by molar-refractivity contribution is 5.86. The Morgan fingerprint density at radius 1 is 1.31 bits per heavy atom. The van der Waals surface area contributed by atoms with Gasteiger partial charge in [-0.25, -0.2) is 4.79 Å². The zero-order chi connectivity index (χ0) is 20.2. The quantitative estimate of drug-likeness (QED) is 0.142. The van der Waals surface area contributed by atoms with E-state index in [0.29, 0.717) is 0 Å². The molecule has 0 radical (unpaired) electrons. The molecule has 4 atom stereocenters. The van der Waals surface area contributed by atoms with Crippen LogP contribution in [0.1, 0.15) is 0 Å². The van der Waals surface area contributed by atoms with Crippen molar-refractivity contribution >= 4 is 17.8 Å². The highest BCUT2D eigenvalue weighted by Crippen LogP contribution is 2.19. The Morgan fingerprint density at radius 3 is 2.38 bits per heavy atom. The van der Waals surface area contributed by atoms with Crippen molar-refractivity contribution in [3.63, 3.8) is 0 Å². The summed E-state index contributed by atoms with van der Waals surface area (Å²) in [5.74, 6) is -4.12. The van der Waals surface area contributed by atoms with Crippen LogP contribution in [0, 0.1) is 0 Å². The average molecular weight is 388 g/mol. The fourth-order valence-electron chi connectivity index (χ4n) is 2.16. The van der Waals surface area contributed by atoms with E-state index >= 15 is 0 Å². The van der Waals surface area contributed by atoms with Gasteiger partial charge in [-0.3, -0.25) is 4.79 Å². The van der Waals surface area contributed by atoms with Crippen molar-refractivity contribution in [2.75, 3.05) is 26.7 Å². The number of nitrogens with zero attached hydrogens (tertiary/aromatic N) is 3. The second-order valence-electron chi connectivity index (χ2n) is 5.53. The maximum atomic E-state index is 12.2. The van der Waals surface area contributed by atoms with Crippen molar-refractivity contribution in [1.29, 1.82) is 0 Å². The van der Waals surface area contributed by atoms with Gasteiger partial charge in [0.05, 0.1) is 19.2 Å². The molecule has 1 amide bonds. The summed E-state index contributed by atoms with van der Waals surface area (Å²) < 4.78 is 36.0. The summed E-state index contributed by atoms with van der Waals surface area (Å²) in [5.41, 5.74) is 5.30. The lowest BCUT2D eigenvalue weighted by atomic mass is 9.94. The van der Waals surface area contributed by atoms with Gasteiger partial charge in [-0.15, -0.1) is 0 Å². The number of rotatable bonds is 4. The van der Waals surface area contributed by atoms with E-state index in [1.54, 1.807) is 0 Å². The number of aliphatic hydroxyl groups excluding tert-OH is 4. The van der Waals surface area contributed by atoms with E-state index < -0.39 is 68.1 Å². The summed E-state index contributed by atoms with van der Waals surface area (Å²) in [5, 5.41) is 41.0. The molecule has 0 saturated carbocycles. The van der Waals surface area contributed by atoms with Gasteiger partial charge in [0, 0.05) is 13.6 Å². The zero-order valence-electron chi connectivity index (χ0n) is 13.5. The minimum atomic E-state index is -5.27. The Labute approximate surface area is 145 Å². The van der Waals surface area contributed by atoms with Crippen molar-refractivity contribution in [1.82, 2.24) is 9.80 Å². The lowest BCUT2D eigenvalue weighted by Gasteiger charge is -2.43. The number of nitrogens with two attached hydrogens (primary N) is 1. The van der Waals surface area contributed by atoms with E-state index in [-0.39, 0.29) is 0 Å². The zero-order valence-corrected chi connectivity index (χ0v) is 13.5. The molecule has 0 spiro atoms. The second-order valence-corrected chi connectivity index (χ2v) is 5.53. The summed E-state index contributed by atoms with van der Waals surface area (Å²) in [4.78, 5) is 28.1. The number of carbonyl (C=O) groups excluding carboxylic acids is 2. The maximum absolute atomic E-state index is 12.2. The minimum absolute atomic E-state index is 0.407. The number of hydrogen-bond donors (Lipinski definition) is 5. The Balaban J connectivity index is 2.74. The predicted molar refractivity (Wildman–Crippen MR) is 77.0 cm³/mol. The van der Waals surface area contributed by atoms with Crippen LogP contribution in [0.4, 0.5) is 13.2 Å². The number of oxime groups is 1. The molecule has 150 valence electrons. The fraction of sp³-hybridized carbons (Fsp3) is 0.750. The summed E-state index contributed by atoms with van der Waals surface area (Å²) >= 11 is 0. The molecule has 1 heterocycles. The molecule has 0 bridgehead atoms. The van der Waals surface area contributed by atoms with Gasteiger partial charge in [0.25, 0.3) is 0 Å². The molecular formula is C12H19F3N4O7. The van der Waals surface area contributed by atoms with Crippen molar-refractivity contribution in [2.24, 2.45) is 10.9 Å². The number of guanidine groups is 1. The highest BCUT2D eigenvalue weighted by atomic mass is 19.4. The lowest BCUT2D eigenvalue weighted by Crippen LogP contribution is -2.65. The number of β-amino-alcohol motifs (C(OH)–C–C–N with tert-alkyl or cyclic N) is 1. The molecule has 1 rings (SSSR count). The summed E-state index contributed by atoms with van der Waals surface area (Å²) in [7, 11) is 1.15. The predicted octanol–water partition coefficient (Wildman–Crippen LogP) is -3.46. The van der Waals surface area contributed by atoms with Gasteiger partial charge in [-0.05, 0) is 5.16 Å². The van der Waals surface area contributed by atoms with Crippen LogP contribution in [0.25, 0.3) is 0 Å². The monoisotopic (exact) mass is 388 g/mol. The molecule has 11 nitrogen and oxygen atoms in total. The first-order chi connectivity index (χ1) is 11.9. The van der Waals surface area contributed by atoms with E-state index in [9.17, 15) is 43.2 Å². The summed E-state index contributed by atoms with van der Waals surface area (Å²) in [6, 6.07) is -1.21. The van der Waals surface area contributed by atoms with Gasteiger partial charge in [-0.1, -0.05) is 0 Å². The smallest absolute Gasteiger partial charge is 0.394 e. The number of halogens is 3. The van der Waals surface area contributed by atoms with Crippen molar-refractivity contribution in [2.45, 2.75) is 30.5 Å². The number of hydrogen-bond acceptors (Lipinski definition) is 8. The number of amides is 1. The molecule has 14 heteroatoms. The van der Waals surface area contributed by atoms with Crippen LogP contribution in [0.5, 0.6) is 0 Å². The average Bonchev–Trinajstić information content (AvgIpc) is 2.55. The number of aliphatic hydroxyl groups is 4. The molecule has 1 aliphatic rings. The van der Waals surface area contributed by atoms with Crippen LogP contribution in [-0.2, 0) is 14.4 Å². The van der Waals surface area contributed by atoms with Crippen LogP contribution in [0.15, 0.2) is 5.16 Å². The van der Waals surface area contributed by atoms with Gasteiger partial charge in [0.1, 0.15) is 18.3 Å². The fourth-order valence-corrected chi connectivity index (χ4v) is 2.16. The SMILES string of the molecule is CN(CC(=O)N1C[C@H](O)[C@@H](O)[C@@H](O)C1CO)C(N)=NOC(=O)C(F)(F)F. The first kappa shape index (κ1) is 21.9. The van der Waals surface area contributed by atoms with Gasteiger partial charge in [0.2, 0.25) is 11.9 Å². The van der Waals surface area contributed by atoms with Gasteiger partial charge < -0.3 is 40.8 Å². The lowest BCUT2D eigenvalue weighted by molar-refractivity contribution is -0.199. The normalized spacial score (nSPS) is 27.2. The van der Waals surface area contributed by atoms with Crippen molar-refractivity contribution in [3.8, 4) is 0 Å². The van der Waals surface area contributed by atoms with E-state index in [2.05, 4.69) is 9.99 Å². The first-order valence-corrected chi connectivity index (χ1v) is 7.17. The van der Waals surface area contributed by atoms with Crippen LogP contribution < -0.4 is 5.73 Å². The standard InChI is InChI=1S/C12H19F3N4O7/c1-18(11(16)17-26-10(25)12(13,14)15)3-7(22)19-2-6(21)9(24)8(23)5(19)4-20/h5-6,8-9,20-21,23-24H,2-4H2,1H3,(H2,16,17)/t5?,6-,8-,9+/m0/s1. The number of piperidine rings is 1. The van der Waals surface area contributed by atoms with Crippen LogP contribution in [-0.4, -0.2) is 105 Å². The van der Waals surface area contributed by atoms with E-state index in [0.717, 1.165) is 16.8 Å². The molecular weight excluding hydrogens is 369 g/mol. The van der Waals surface area contributed by atoms with E-state index in [1.165, 1.54) is 0 Å². The molecule has 1 aliphatic heterocycles. The summed E-state index contributed by atoms with van der Waals surface area (Å²) in [6.45, 7) is -1.71. The van der Waals surface area contributed by atoms with Gasteiger partial charge >= 0.3 is 12.1 Å². The number of alkyl halides is 3. The topological polar surface area (TPSA) is 169 Å². The Morgan fingerprint density at radius 2 is 1.88 bits per heavy atom. The van der Waals surface area contributed by atoms with Crippen molar-refractivity contribution < 1.29 is 48.0 Å². The number of likely N-dealkylation sites (tertiary alicyclic amines) is 1. The minimum Gasteiger partial charge on any atom is -0.394 e.